The average molecular weight is 431 g/mol. The Bertz CT molecular complexity index is 878. The molecule has 2 bridgehead atoms. The van der Waals surface area contributed by atoms with Gasteiger partial charge in [0.15, 0.2) is 0 Å². The summed E-state index contributed by atoms with van der Waals surface area (Å²) in [6.45, 7) is 0.924. The van der Waals surface area contributed by atoms with Crippen LogP contribution in [0.3, 0.4) is 0 Å². The van der Waals surface area contributed by atoms with Crippen molar-refractivity contribution in [3.8, 4) is 5.75 Å². The number of benzene rings is 2. The number of aliphatic hydroxyl groups is 1. The SMILES string of the molecule is O=C(N[C@@H]1C[C@@H]2CC[C@H]1O2)N(CCO)Cc1cccc(OCc2ccccc2Cl)c1. The first kappa shape index (κ1) is 21.0. The molecule has 2 heterocycles. The van der Waals surface area contributed by atoms with E-state index in [0.29, 0.717) is 23.9 Å². The molecule has 2 aromatic carbocycles. The van der Waals surface area contributed by atoms with Crippen molar-refractivity contribution in [1.29, 1.82) is 0 Å². The van der Waals surface area contributed by atoms with Gasteiger partial charge in [-0.15, -0.1) is 0 Å². The standard InChI is InChI=1S/C23H27ClN2O4/c24-20-7-2-1-5-17(20)15-29-18-6-3-4-16(12-18)14-26(10-11-27)23(28)25-21-13-19-8-9-22(21)30-19/h1-7,12,19,21-22,27H,8-11,13-15H2,(H,25,28)/t19-,21+,22+/m0/s1. The summed E-state index contributed by atoms with van der Waals surface area (Å²) < 4.78 is 11.7. The van der Waals surface area contributed by atoms with Gasteiger partial charge in [0.1, 0.15) is 12.4 Å². The van der Waals surface area contributed by atoms with E-state index in [4.69, 9.17) is 21.1 Å². The largest absolute Gasteiger partial charge is 0.489 e. The molecule has 2 aliphatic rings. The molecule has 0 radical (unpaired) electrons. The van der Waals surface area contributed by atoms with Gasteiger partial charge in [0.05, 0.1) is 24.9 Å². The average Bonchev–Trinajstić information content (AvgIpc) is 3.36. The molecule has 30 heavy (non-hydrogen) atoms. The van der Waals surface area contributed by atoms with E-state index >= 15 is 0 Å². The molecule has 160 valence electrons. The zero-order valence-corrected chi connectivity index (χ0v) is 17.6. The van der Waals surface area contributed by atoms with Gasteiger partial charge in [-0.25, -0.2) is 4.79 Å². The van der Waals surface area contributed by atoms with E-state index in [1.165, 1.54) is 0 Å². The molecule has 2 fully saturated rings. The van der Waals surface area contributed by atoms with Crippen LogP contribution in [0.5, 0.6) is 5.75 Å². The minimum Gasteiger partial charge on any atom is -0.489 e. The summed E-state index contributed by atoms with van der Waals surface area (Å²) in [6, 6.07) is 15.1. The molecule has 2 aromatic rings. The smallest absolute Gasteiger partial charge is 0.318 e. The fraction of sp³-hybridized carbons (Fsp3) is 0.435. The monoisotopic (exact) mass is 430 g/mol. The number of fused-ring (bicyclic) bond motifs is 2. The molecular weight excluding hydrogens is 404 g/mol. The molecule has 2 aliphatic heterocycles. The highest BCUT2D eigenvalue weighted by molar-refractivity contribution is 6.31. The van der Waals surface area contributed by atoms with E-state index in [9.17, 15) is 9.90 Å². The van der Waals surface area contributed by atoms with Crippen molar-refractivity contribution in [2.75, 3.05) is 13.2 Å². The third-order valence-corrected chi connectivity index (χ3v) is 6.06. The first-order valence-electron chi connectivity index (χ1n) is 10.4. The van der Waals surface area contributed by atoms with Crippen molar-refractivity contribution in [3.63, 3.8) is 0 Å². The number of aliphatic hydroxyl groups excluding tert-OH is 1. The molecular formula is C23H27ClN2O4. The first-order valence-corrected chi connectivity index (χ1v) is 10.8. The van der Waals surface area contributed by atoms with E-state index in [-0.39, 0.29) is 37.4 Å². The van der Waals surface area contributed by atoms with E-state index < -0.39 is 0 Å². The van der Waals surface area contributed by atoms with Crippen molar-refractivity contribution >= 4 is 17.6 Å². The van der Waals surface area contributed by atoms with Crippen molar-refractivity contribution in [2.24, 2.45) is 0 Å². The van der Waals surface area contributed by atoms with Crippen LogP contribution in [-0.4, -0.2) is 47.4 Å². The number of hydrogen-bond acceptors (Lipinski definition) is 4. The second kappa shape index (κ2) is 9.69. The van der Waals surface area contributed by atoms with E-state index in [1.807, 2.05) is 48.5 Å². The predicted octanol–water partition coefficient (Wildman–Crippen LogP) is 3.74. The summed E-state index contributed by atoms with van der Waals surface area (Å²) in [5.74, 6) is 0.707. The van der Waals surface area contributed by atoms with Gasteiger partial charge < -0.3 is 24.8 Å². The molecule has 4 rings (SSSR count). The van der Waals surface area contributed by atoms with Crippen molar-refractivity contribution in [2.45, 2.75) is 50.7 Å². The summed E-state index contributed by atoms with van der Waals surface area (Å²) in [7, 11) is 0. The number of hydrogen-bond donors (Lipinski definition) is 2. The van der Waals surface area contributed by atoms with E-state index in [2.05, 4.69) is 5.32 Å². The van der Waals surface area contributed by atoms with Crippen LogP contribution in [0, 0.1) is 0 Å². The summed E-state index contributed by atoms with van der Waals surface area (Å²) in [4.78, 5) is 14.4. The van der Waals surface area contributed by atoms with Gasteiger partial charge in [0.2, 0.25) is 0 Å². The number of nitrogens with one attached hydrogen (secondary N) is 1. The van der Waals surface area contributed by atoms with Crippen LogP contribution >= 0.6 is 11.6 Å². The number of carbonyl (C=O) groups is 1. The lowest BCUT2D eigenvalue weighted by molar-refractivity contribution is 0.0965. The Hall–Kier alpha value is -2.28. The molecule has 2 saturated heterocycles. The second-order valence-corrected chi connectivity index (χ2v) is 8.25. The van der Waals surface area contributed by atoms with Gasteiger partial charge in [-0.3, -0.25) is 0 Å². The zero-order chi connectivity index (χ0) is 20.9. The fourth-order valence-corrected chi connectivity index (χ4v) is 4.33. The van der Waals surface area contributed by atoms with Gasteiger partial charge in [-0.2, -0.15) is 0 Å². The maximum absolute atomic E-state index is 12.8. The topological polar surface area (TPSA) is 71.0 Å². The Balaban J connectivity index is 1.36. The molecule has 3 atom stereocenters. The Labute approximate surface area is 181 Å². The summed E-state index contributed by atoms with van der Waals surface area (Å²) in [5.41, 5.74) is 1.85. The fourth-order valence-electron chi connectivity index (χ4n) is 4.14. The van der Waals surface area contributed by atoms with Gasteiger partial charge >= 0.3 is 6.03 Å². The van der Waals surface area contributed by atoms with Crippen molar-refractivity contribution < 1.29 is 19.4 Å². The molecule has 2 N–H and O–H groups in total. The molecule has 2 amide bonds. The molecule has 6 nitrogen and oxygen atoms in total. The zero-order valence-electron chi connectivity index (χ0n) is 16.8. The molecule has 7 heteroatoms. The van der Waals surface area contributed by atoms with Gasteiger partial charge in [0, 0.05) is 23.7 Å². The van der Waals surface area contributed by atoms with Crippen LogP contribution in [0.4, 0.5) is 4.79 Å². The maximum atomic E-state index is 12.8. The Kier molecular flexibility index (Phi) is 6.77. The van der Waals surface area contributed by atoms with Crippen LogP contribution in [0.25, 0.3) is 0 Å². The molecule has 0 spiro atoms. The number of rotatable bonds is 8. The van der Waals surface area contributed by atoms with Gasteiger partial charge in [-0.1, -0.05) is 41.9 Å². The molecule has 0 unspecified atom stereocenters. The summed E-state index contributed by atoms with van der Waals surface area (Å²) >= 11 is 6.19. The van der Waals surface area contributed by atoms with Crippen LogP contribution in [0.2, 0.25) is 5.02 Å². The third-order valence-electron chi connectivity index (χ3n) is 5.70. The van der Waals surface area contributed by atoms with Crippen molar-refractivity contribution in [1.82, 2.24) is 10.2 Å². The maximum Gasteiger partial charge on any atom is 0.318 e. The Morgan fingerprint density at radius 3 is 2.83 bits per heavy atom. The normalized spacial score (nSPS) is 22.1. The Morgan fingerprint density at radius 2 is 2.10 bits per heavy atom. The van der Waals surface area contributed by atoms with E-state index in [1.54, 1.807) is 4.90 Å². The minimum atomic E-state index is -0.174. The number of nitrogens with zero attached hydrogens (tertiary/aromatic N) is 1. The molecule has 0 aliphatic carbocycles. The first-order chi connectivity index (χ1) is 14.6. The number of amides is 2. The van der Waals surface area contributed by atoms with Crippen LogP contribution in [0.15, 0.2) is 48.5 Å². The highest BCUT2D eigenvalue weighted by Gasteiger charge is 2.41. The number of urea groups is 1. The van der Waals surface area contributed by atoms with Gasteiger partial charge in [-0.05, 0) is 43.0 Å². The van der Waals surface area contributed by atoms with Crippen LogP contribution in [0.1, 0.15) is 30.4 Å². The lowest BCUT2D eigenvalue weighted by Gasteiger charge is -2.27. The lowest BCUT2D eigenvalue weighted by Crippen LogP contribution is -2.48. The Morgan fingerprint density at radius 1 is 1.23 bits per heavy atom. The summed E-state index contributed by atoms with van der Waals surface area (Å²) in [5, 5.41) is 13.2. The van der Waals surface area contributed by atoms with E-state index in [0.717, 1.165) is 30.4 Å². The highest BCUT2D eigenvalue weighted by atomic mass is 35.5. The number of carbonyl (C=O) groups excluding carboxylic acids is 1. The third kappa shape index (κ3) is 5.06. The number of ether oxygens (including phenoxy) is 2. The van der Waals surface area contributed by atoms with Crippen molar-refractivity contribution in [3.05, 3.63) is 64.7 Å². The molecule has 0 aromatic heterocycles. The molecule has 0 saturated carbocycles. The number of halogens is 1. The van der Waals surface area contributed by atoms with Crippen LogP contribution < -0.4 is 10.1 Å². The predicted molar refractivity (Wildman–Crippen MR) is 115 cm³/mol. The second-order valence-electron chi connectivity index (χ2n) is 7.84. The van der Waals surface area contributed by atoms with Crippen LogP contribution in [-0.2, 0) is 17.9 Å². The highest BCUT2D eigenvalue weighted by Crippen LogP contribution is 2.34. The summed E-state index contributed by atoms with van der Waals surface area (Å²) in [6.07, 6.45) is 3.35. The minimum absolute atomic E-state index is 0.0581. The quantitative estimate of drug-likeness (QED) is 0.669. The van der Waals surface area contributed by atoms with Gasteiger partial charge in [0.25, 0.3) is 0 Å². The lowest BCUT2D eigenvalue weighted by atomic mass is 9.96.